The molecule has 0 bridgehead atoms. The largest absolute Gasteiger partial charge is 0.311 e. The van der Waals surface area contributed by atoms with Gasteiger partial charge in [0.25, 0.3) is 0 Å². The van der Waals surface area contributed by atoms with Crippen LogP contribution in [0.3, 0.4) is 0 Å². The number of nitrogens with one attached hydrogen (secondary N) is 1. The molecule has 0 amide bonds. The third-order valence-corrected chi connectivity index (χ3v) is 5.55. The Bertz CT molecular complexity index is 271. The molecule has 18 heavy (non-hydrogen) atoms. The fourth-order valence-corrected chi connectivity index (χ4v) is 4.38. The quantitative estimate of drug-likeness (QED) is 0.755. The molecule has 0 aromatic heterocycles. The molecule has 0 aliphatic heterocycles. The highest BCUT2D eigenvalue weighted by Gasteiger charge is 2.35. The van der Waals surface area contributed by atoms with E-state index < -0.39 is 0 Å². The fraction of sp³-hybridized carbons (Fsp3) is 1.00. The molecule has 5 unspecified atom stereocenters. The lowest BCUT2D eigenvalue weighted by molar-refractivity contribution is 0.119. The minimum atomic E-state index is 0.574. The van der Waals surface area contributed by atoms with E-state index >= 15 is 0 Å². The van der Waals surface area contributed by atoms with Crippen molar-refractivity contribution >= 4 is 0 Å². The van der Waals surface area contributed by atoms with Gasteiger partial charge in [-0.2, -0.15) is 0 Å². The molecule has 2 fully saturated rings. The minimum absolute atomic E-state index is 0.574. The molecule has 0 spiro atoms. The second-order valence-electron chi connectivity index (χ2n) is 8.16. The molecular formula is C17H33N. The van der Waals surface area contributed by atoms with Crippen LogP contribution >= 0.6 is 0 Å². The Kier molecular flexibility index (Phi) is 4.41. The molecule has 2 rings (SSSR count). The van der Waals surface area contributed by atoms with Gasteiger partial charge in [-0.1, -0.05) is 34.6 Å². The topological polar surface area (TPSA) is 12.0 Å². The van der Waals surface area contributed by atoms with Crippen LogP contribution in [0.15, 0.2) is 0 Å². The summed E-state index contributed by atoms with van der Waals surface area (Å²) in [5.41, 5.74) is 0.574. The number of hydrogen-bond donors (Lipinski definition) is 1. The Balaban J connectivity index is 1.86. The van der Waals surface area contributed by atoms with Crippen LogP contribution in [0.1, 0.15) is 73.1 Å². The third kappa shape index (κ3) is 3.50. The maximum atomic E-state index is 4.02. The third-order valence-electron chi connectivity index (χ3n) is 5.55. The highest BCUT2D eigenvalue weighted by atomic mass is 15.0. The van der Waals surface area contributed by atoms with Crippen molar-refractivity contribution in [2.75, 3.05) is 0 Å². The van der Waals surface area contributed by atoms with E-state index in [9.17, 15) is 0 Å². The normalized spacial score (nSPS) is 44.8. The standard InChI is InChI=1S/C17H33N/c1-12-6-7-15(13(2)10-12)18-16-8-9-17(4,5)11-14(16)3/h12-16,18H,6-11H2,1-5H3. The first kappa shape index (κ1) is 14.4. The van der Waals surface area contributed by atoms with Gasteiger partial charge >= 0.3 is 0 Å². The van der Waals surface area contributed by atoms with Crippen molar-refractivity contribution in [1.29, 1.82) is 0 Å². The molecule has 1 N–H and O–H groups in total. The van der Waals surface area contributed by atoms with Gasteiger partial charge in [-0.05, 0) is 61.7 Å². The zero-order valence-corrected chi connectivity index (χ0v) is 13.1. The van der Waals surface area contributed by atoms with Crippen molar-refractivity contribution in [2.45, 2.75) is 85.2 Å². The molecule has 0 saturated heterocycles. The molecule has 2 aliphatic carbocycles. The Morgan fingerprint density at radius 1 is 0.889 bits per heavy atom. The van der Waals surface area contributed by atoms with E-state index in [-0.39, 0.29) is 0 Å². The molecule has 2 saturated carbocycles. The Morgan fingerprint density at radius 3 is 2.17 bits per heavy atom. The lowest BCUT2D eigenvalue weighted by atomic mass is 9.70. The van der Waals surface area contributed by atoms with Gasteiger partial charge in [0.15, 0.2) is 0 Å². The van der Waals surface area contributed by atoms with Crippen molar-refractivity contribution in [3.05, 3.63) is 0 Å². The summed E-state index contributed by atoms with van der Waals surface area (Å²) in [6.45, 7) is 12.2. The molecule has 5 atom stereocenters. The summed E-state index contributed by atoms with van der Waals surface area (Å²) < 4.78 is 0. The van der Waals surface area contributed by atoms with E-state index in [0.717, 1.165) is 29.8 Å². The van der Waals surface area contributed by atoms with E-state index in [1.54, 1.807) is 0 Å². The predicted octanol–water partition coefficient (Wildman–Crippen LogP) is 4.62. The van der Waals surface area contributed by atoms with Crippen molar-refractivity contribution < 1.29 is 0 Å². The van der Waals surface area contributed by atoms with Crippen LogP contribution in [0.5, 0.6) is 0 Å². The maximum Gasteiger partial charge on any atom is 0.00957 e. The lowest BCUT2D eigenvalue weighted by Gasteiger charge is -2.43. The van der Waals surface area contributed by atoms with E-state index in [1.807, 2.05) is 0 Å². The van der Waals surface area contributed by atoms with E-state index in [1.165, 1.54) is 38.5 Å². The Labute approximate surface area is 114 Å². The summed E-state index contributed by atoms with van der Waals surface area (Å²) in [5, 5.41) is 4.02. The summed E-state index contributed by atoms with van der Waals surface area (Å²) in [6, 6.07) is 1.56. The molecule has 106 valence electrons. The van der Waals surface area contributed by atoms with Gasteiger partial charge in [0.2, 0.25) is 0 Å². The van der Waals surface area contributed by atoms with Crippen LogP contribution in [-0.4, -0.2) is 12.1 Å². The number of rotatable bonds is 2. The van der Waals surface area contributed by atoms with Crippen LogP contribution in [0, 0.1) is 23.2 Å². The molecular weight excluding hydrogens is 218 g/mol. The first-order chi connectivity index (χ1) is 8.37. The smallest absolute Gasteiger partial charge is 0.00957 e. The summed E-state index contributed by atoms with van der Waals surface area (Å²) in [4.78, 5) is 0. The van der Waals surface area contributed by atoms with E-state index in [4.69, 9.17) is 0 Å². The first-order valence-electron chi connectivity index (χ1n) is 8.13. The van der Waals surface area contributed by atoms with Crippen LogP contribution in [-0.2, 0) is 0 Å². The van der Waals surface area contributed by atoms with Crippen LogP contribution in [0.2, 0.25) is 0 Å². The second-order valence-corrected chi connectivity index (χ2v) is 8.16. The highest BCUT2D eigenvalue weighted by molar-refractivity contribution is 4.91. The molecule has 2 aliphatic rings. The molecule has 0 aromatic carbocycles. The molecule has 0 heterocycles. The van der Waals surface area contributed by atoms with Crippen LogP contribution in [0.4, 0.5) is 0 Å². The van der Waals surface area contributed by atoms with Crippen LogP contribution in [0.25, 0.3) is 0 Å². The van der Waals surface area contributed by atoms with Crippen molar-refractivity contribution in [3.63, 3.8) is 0 Å². The maximum absolute atomic E-state index is 4.02. The first-order valence-corrected chi connectivity index (χ1v) is 8.13. The summed E-state index contributed by atoms with van der Waals surface area (Å²) in [7, 11) is 0. The van der Waals surface area contributed by atoms with Crippen molar-refractivity contribution in [3.8, 4) is 0 Å². The lowest BCUT2D eigenvalue weighted by Crippen LogP contribution is -2.49. The SMILES string of the molecule is CC1CCC(NC2CCC(C)(C)CC2C)C(C)C1. The van der Waals surface area contributed by atoms with Gasteiger partial charge in [-0.25, -0.2) is 0 Å². The van der Waals surface area contributed by atoms with Gasteiger partial charge in [0, 0.05) is 12.1 Å². The zero-order chi connectivity index (χ0) is 13.3. The second kappa shape index (κ2) is 5.53. The summed E-state index contributed by atoms with van der Waals surface area (Å²) >= 11 is 0. The van der Waals surface area contributed by atoms with E-state index in [0.29, 0.717) is 5.41 Å². The molecule has 1 nitrogen and oxygen atoms in total. The van der Waals surface area contributed by atoms with Gasteiger partial charge < -0.3 is 5.32 Å². The molecule has 1 heteroatoms. The zero-order valence-electron chi connectivity index (χ0n) is 13.1. The fourth-order valence-electron chi connectivity index (χ4n) is 4.38. The molecule has 0 aromatic rings. The van der Waals surface area contributed by atoms with Crippen molar-refractivity contribution in [1.82, 2.24) is 5.32 Å². The predicted molar refractivity (Wildman–Crippen MR) is 79.7 cm³/mol. The average molecular weight is 251 g/mol. The summed E-state index contributed by atoms with van der Waals surface area (Å²) in [6.07, 6.45) is 8.41. The number of hydrogen-bond acceptors (Lipinski definition) is 1. The van der Waals surface area contributed by atoms with E-state index in [2.05, 4.69) is 39.9 Å². The summed E-state index contributed by atoms with van der Waals surface area (Å²) in [5.74, 6) is 2.66. The Hall–Kier alpha value is -0.0400. The average Bonchev–Trinajstić information content (AvgIpc) is 2.24. The minimum Gasteiger partial charge on any atom is -0.311 e. The van der Waals surface area contributed by atoms with Crippen LogP contribution < -0.4 is 5.32 Å². The van der Waals surface area contributed by atoms with Gasteiger partial charge in [-0.3, -0.25) is 0 Å². The van der Waals surface area contributed by atoms with Gasteiger partial charge in [0.1, 0.15) is 0 Å². The highest BCUT2D eigenvalue weighted by Crippen LogP contribution is 2.39. The monoisotopic (exact) mass is 251 g/mol. The Morgan fingerprint density at radius 2 is 1.56 bits per heavy atom. The van der Waals surface area contributed by atoms with Crippen molar-refractivity contribution in [2.24, 2.45) is 23.2 Å². The molecule has 0 radical (unpaired) electrons. The van der Waals surface area contributed by atoms with Gasteiger partial charge in [0.05, 0.1) is 0 Å². The van der Waals surface area contributed by atoms with Gasteiger partial charge in [-0.15, -0.1) is 0 Å².